The summed E-state index contributed by atoms with van der Waals surface area (Å²) in [5.41, 5.74) is 1.61. The van der Waals surface area contributed by atoms with Crippen LogP contribution in [0.25, 0.3) is 22.8 Å². The van der Waals surface area contributed by atoms with Crippen molar-refractivity contribution in [2.75, 3.05) is 14.2 Å². The van der Waals surface area contributed by atoms with Crippen LogP contribution in [0.15, 0.2) is 47.0 Å². The third-order valence-corrected chi connectivity index (χ3v) is 3.54. The summed E-state index contributed by atoms with van der Waals surface area (Å²) in [7, 11) is 3.18. The first kappa shape index (κ1) is 16.8. The summed E-state index contributed by atoms with van der Waals surface area (Å²) < 4.78 is 21.6. The lowest BCUT2D eigenvalue weighted by Gasteiger charge is -2.09. The summed E-state index contributed by atoms with van der Waals surface area (Å²) in [6.07, 6.45) is 0.130. The van der Waals surface area contributed by atoms with Crippen LogP contribution < -0.4 is 14.2 Å². The van der Waals surface area contributed by atoms with Gasteiger partial charge in [-0.05, 0) is 56.3 Å². The summed E-state index contributed by atoms with van der Waals surface area (Å²) >= 11 is 0. The number of nitrogens with zero attached hydrogens (tertiary/aromatic N) is 2. The van der Waals surface area contributed by atoms with Crippen LogP contribution in [-0.4, -0.2) is 30.5 Å². The van der Waals surface area contributed by atoms with Crippen molar-refractivity contribution >= 4 is 0 Å². The molecule has 3 aromatic rings. The van der Waals surface area contributed by atoms with E-state index in [0.717, 1.165) is 16.9 Å². The molecular formula is C19H20N2O4. The number of aromatic nitrogens is 2. The first-order chi connectivity index (χ1) is 12.1. The highest BCUT2D eigenvalue weighted by Crippen LogP contribution is 2.32. The molecular weight excluding hydrogens is 320 g/mol. The van der Waals surface area contributed by atoms with E-state index in [2.05, 4.69) is 10.1 Å². The predicted octanol–water partition coefficient (Wildman–Crippen LogP) is 4.21. The van der Waals surface area contributed by atoms with Crippen LogP contribution in [0.2, 0.25) is 0 Å². The molecule has 6 nitrogen and oxygen atoms in total. The zero-order valence-electron chi connectivity index (χ0n) is 14.6. The molecule has 130 valence electrons. The smallest absolute Gasteiger partial charge is 0.258 e. The van der Waals surface area contributed by atoms with Crippen molar-refractivity contribution in [3.63, 3.8) is 0 Å². The number of ether oxygens (including phenoxy) is 3. The minimum absolute atomic E-state index is 0.130. The molecule has 3 rings (SSSR count). The van der Waals surface area contributed by atoms with Gasteiger partial charge in [-0.1, -0.05) is 5.16 Å². The average Bonchev–Trinajstić information content (AvgIpc) is 3.11. The van der Waals surface area contributed by atoms with Gasteiger partial charge < -0.3 is 18.7 Å². The van der Waals surface area contributed by atoms with Crippen LogP contribution in [0.5, 0.6) is 17.2 Å². The Morgan fingerprint density at radius 3 is 2.20 bits per heavy atom. The van der Waals surface area contributed by atoms with Gasteiger partial charge in [0.2, 0.25) is 5.82 Å². The molecule has 2 aromatic carbocycles. The van der Waals surface area contributed by atoms with Gasteiger partial charge in [0.1, 0.15) is 5.75 Å². The van der Waals surface area contributed by atoms with Crippen molar-refractivity contribution < 1.29 is 18.7 Å². The molecule has 0 amide bonds. The molecule has 0 aliphatic rings. The van der Waals surface area contributed by atoms with E-state index in [1.54, 1.807) is 14.2 Å². The Balaban J connectivity index is 1.85. The molecule has 0 atom stereocenters. The molecule has 0 saturated carbocycles. The monoisotopic (exact) mass is 340 g/mol. The maximum atomic E-state index is 5.63. The molecule has 0 saturated heterocycles. The van der Waals surface area contributed by atoms with Crippen molar-refractivity contribution in [3.05, 3.63) is 42.5 Å². The van der Waals surface area contributed by atoms with Gasteiger partial charge in [0.25, 0.3) is 5.89 Å². The summed E-state index contributed by atoms with van der Waals surface area (Å²) in [6.45, 7) is 3.97. The van der Waals surface area contributed by atoms with Gasteiger partial charge in [-0.15, -0.1) is 0 Å². The Kier molecular flexibility index (Phi) is 4.88. The second-order valence-electron chi connectivity index (χ2n) is 5.68. The molecule has 0 aliphatic heterocycles. The van der Waals surface area contributed by atoms with E-state index in [1.165, 1.54) is 0 Å². The van der Waals surface area contributed by atoms with Gasteiger partial charge in [-0.2, -0.15) is 4.98 Å². The van der Waals surface area contributed by atoms with E-state index in [0.29, 0.717) is 23.2 Å². The highest BCUT2D eigenvalue weighted by Gasteiger charge is 2.13. The van der Waals surface area contributed by atoms with Crippen LogP contribution in [0.4, 0.5) is 0 Å². The molecule has 0 fully saturated rings. The first-order valence-corrected chi connectivity index (χ1v) is 7.94. The zero-order chi connectivity index (χ0) is 17.8. The summed E-state index contributed by atoms with van der Waals surface area (Å²) in [4.78, 5) is 4.46. The topological polar surface area (TPSA) is 66.6 Å². The third kappa shape index (κ3) is 3.74. The van der Waals surface area contributed by atoms with E-state index < -0.39 is 0 Å². The molecule has 1 aromatic heterocycles. The van der Waals surface area contributed by atoms with Crippen LogP contribution in [0.1, 0.15) is 13.8 Å². The molecule has 25 heavy (non-hydrogen) atoms. The van der Waals surface area contributed by atoms with Crippen molar-refractivity contribution in [3.8, 4) is 40.1 Å². The van der Waals surface area contributed by atoms with Gasteiger partial charge in [-0.25, -0.2) is 0 Å². The molecule has 0 radical (unpaired) electrons. The second kappa shape index (κ2) is 7.25. The predicted molar refractivity (Wildman–Crippen MR) is 94.0 cm³/mol. The fourth-order valence-electron chi connectivity index (χ4n) is 2.38. The number of rotatable bonds is 6. The second-order valence-corrected chi connectivity index (χ2v) is 5.68. The lowest BCUT2D eigenvalue weighted by molar-refractivity contribution is 0.242. The van der Waals surface area contributed by atoms with Crippen LogP contribution in [0.3, 0.4) is 0 Å². The summed E-state index contributed by atoms with van der Waals surface area (Å²) in [5.74, 6) is 3.00. The minimum Gasteiger partial charge on any atom is -0.493 e. The van der Waals surface area contributed by atoms with E-state index in [9.17, 15) is 0 Å². The van der Waals surface area contributed by atoms with E-state index in [1.807, 2.05) is 56.3 Å². The minimum atomic E-state index is 0.130. The van der Waals surface area contributed by atoms with Gasteiger partial charge in [0.15, 0.2) is 11.5 Å². The zero-order valence-corrected chi connectivity index (χ0v) is 14.6. The Labute approximate surface area is 146 Å². The number of hydrogen-bond donors (Lipinski definition) is 0. The molecule has 0 spiro atoms. The molecule has 0 N–H and O–H groups in total. The van der Waals surface area contributed by atoms with Crippen molar-refractivity contribution in [2.24, 2.45) is 0 Å². The van der Waals surface area contributed by atoms with Gasteiger partial charge in [0, 0.05) is 11.1 Å². The molecule has 0 aliphatic carbocycles. The number of methoxy groups -OCH3 is 2. The Hall–Kier alpha value is -3.02. The largest absolute Gasteiger partial charge is 0.493 e. The van der Waals surface area contributed by atoms with Crippen LogP contribution in [0, 0.1) is 0 Å². The first-order valence-electron chi connectivity index (χ1n) is 7.94. The number of benzene rings is 2. The molecule has 0 bridgehead atoms. The van der Waals surface area contributed by atoms with Crippen LogP contribution >= 0.6 is 0 Å². The van der Waals surface area contributed by atoms with Crippen molar-refractivity contribution in [1.29, 1.82) is 0 Å². The van der Waals surface area contributed by atoms with Crippen molar-refractivity contribution in [1.82, 2.24) is 10.1 Å². The Morgan fingerprint density at radius 2 is 1.56 bits per heavy atom. The maximum absolute atomic E-state index is 5.63. The standard InChI is InChI=1S/C19H20N2O4/c1-12(2)24-15-8-5-13(6-9-15)19-20-18(21-25-19)14-7-10-16(22-3)17(11-14)23-4/h5-12H,1-4H3. The molecule has 0 unspecified atom stereocenters. The van der Waals surface area contributed by atoms with Gasteiger partial charge >= 0.3 is 0 Å². The lowest BCUT2D eigenvalue weighted by Crippen LogP contribution is -2.05. The average molecular weight is 340 g/mol. The van der Waals surface area contributed by atoms with E-state index >= 15 is 0 Å². The number of hydrogen-bond acceptors (Lipinski definition) is 6. The highest BCUT2D eigenvalue weighted by molar-refractivity contribution is 5.63. The lowest BCUT2D eigenvalue weighted by atomic mass is 10.2. The maximum Gasteiger partial charge on any atom is 0.258 e. The molecule has 1 heterocycles. The Bertz CT molecular complexity index is 841. The van der Waals surface area contributed by atoms with Crippen molar-refractivity contribution in [2.45, 2.75) is 20.0 Å². The van der Waals surface area contributed by atoms with E-state index in [4.69, 9.17) is 18.7 Å². The van der Waals surface area contributed by atoms with E-state index in [-0.39, 0.29) is 6.10 Å². The summed E-state index contributed by atoms with van der Waals surface area (Å²) in [5, 5.41) is 4.05. The fourth-order valence-corrected chi connectivity index (χ4v) is 2.38. The van der Waals surface area contributed by atoms with Crippen LogP contribution in [-0.2, 0) is 0 Å². The fraction of sp³-hybridized carbons (Fsp3) is 0.263. The third-order valence-electron chi connectivity index (χ3n) is 3.54. The van der Waals surface area contributed by atoms with Gasteiger partial charge in [-0.3, -0.25) is 0 Å². The SMILES string of the molecule is COc1ccc(-c2noc(-c3ccc(OC(C)C)cc3)n2)cc1OC. The highest BCUT2D eigenvalue weighted by atomic mass is 16.5. The Morgan fingerprint density at radius 1 is 0.880 bits per heavy atom. The summed E-state index contributed by atoms with van der Waals surface area (Å²) in [6, 6.07) is 13.0. The molecule has 6 heteroatoms. The normalized spacial score (nSPS) is 10.8. The van der Waals surface area contributed by atoms with Gasteiger partial charge in [0.05, 0.1) is 20.3 Å². The quantitative estimate of drug-likeness (QED) is 0.670.